The Kier molecular flexibility index (Phi) is 9.90. The van der Waals surface area contributed by atoms with Gasteiger partial charge in [0.1, 0.15) is 17.2 Å². The molecule has 0 aliphatic rings. The Hall–Kier alpha value is -4.30. The molecule has 0 fully saturated rings. The fourth-order valence-electron chi connectivity index (χ4n) is 3.94. The molecule has 0 aliphatic carbocycles. The number of phenols is 2. The lowest BCUT2D eigenvalue weighted by molar-refractivity contribution is 0.399. The molecule has 200 valence electrons. The maximum atomic E-state index is 9.68. The first kappa shape index (κ1) is 28.3. The van der Waals surface area contributed by atoms with Crippen LogP contribution in [0.15, 0.2) is 73.1 Å². The Bertz CT molecular complexity index is 1360. The van der Waals surface area contributed by atoms with Gasteiger partial charge in [0.25, 0.3) is 0 Å². The molecule has 0 amide bonds. The average molecular weight is 515 g/mol. The van der Waals surface area contributed by atoms with Crippen molar-refractivity contribution in [2.45, 2.75) is 47.1 Å². The molecule has 0 atom stereocenters. The van der Waals surface area contributed by atoms with Gasteiger partial charge in [-0.2, -0.15) is 0 Å². The number of aryl methyl sites for hydroxylation is 4. The van der Waals surface area contributed by atoms with Crippen molar-refractivity contribution in [1.82, 2.24) is 20.0 Å². The maximum absolute atomic E-state index is 9.68. The third kappa shape index (κ3) is 7.60. The summed E-state index contributed by atoms with van der Waals surface area (Å²) in [4.78, 5) is 0. The van der Waals surface area contributed by atoms with Gasteiger partial charge in [0, 0.05) is 24.9 Å². The van der Waals surface area contributed by atoms with Crippen LogP contribution in [0, 0.1) is 13.8 Å². The third-order valence-electron chi connectivity index (χ3n) is 6.17. The summed E-state index contributed by atoms with van der Waals surface area (Å²) >= 11 is 0. The lowest BCUT2D eigenvalue weighted by atomic mass is 10.1. The summed E-state index contributed by atoms with van der Waals surface area (Å²) in [7, 11) is 0. The molecule has 1 aromatic heterocycles. The van der Waals surface area contributed by atoms with Gasteiger partial charge in [0.2, 0.25) is 0 Å². The minimum Gasteiger partial charge on any atom is -0.508 e. The standard InChI is InChI=1S/C28H32N6O2.C2H6/c1-19-15-21(3-9-27(19)35)11-13-33(30)17-25(29)23-5-7-24(8-6-23)26-18-34(32-31-26)14-12-22-4-10-28(36)20(2)16-22;1-2/h3-10,15-18,35-36H,11-14,29-30H2,1-2H3;1-2H3/b25-17-;. The van der Waals surface area contributed by atoms with Gasteiger partial charge >= 0.3 is 0 Å². The zero-order valence-electron chi connectivity index (χ0n) is 22.6. The van der Waals surface area contributed by atoms with Crippen LogP contribution >= 0.6 is 0 Å². The van der Waals surface area contributed by atoms with E-state index in [9.17, 15) is 10.2 Å². The summed E-state index contributed by atoms with van der Waals surface area (Å²) in [5.41, 5.74) is 13.4. The van der Waals surface area contributed by atoms with E-state index in [4.69, 9.17) is 11.6 Å². The number of hydrogen-bond acceptors (Lipinski definition) is 7. The first-order valence-electron chi connectivity index (χ1n) is 12.8. The van der Waals surface area contributed by atoms with Crippen LogP contribution in [-0.2, 0) is 19.4 Å². The van der Waals surface area contributed by atoms with E-state index in [1.54, 1.807) is 23.3 Å². The molecule has 38 heavy (non-hydrogen) atoms. The number of nitrogens with zero attached hydrogens (tertiary/aromatic N) is 4. The van der Waals surface area contributed by atoms with Gasteiger partial charge in [0.15, 0.2) is 0 Å². The number of nitrogens with two attached hydrogens (primary N) is 2. The van der Waals surface area contributed by atoms with E-state index in [1.807, 2.05) is 87.1 Å². The maximum Gasteiger partial charge on any atom is 0.118 e. The Morgan fingerprint density at radius 1 is 0.895 bits per heavy atom. The lowest BCUT2D eigenvalue weighted by Crippen LogP contribution is -2.28. The number of hydrazine groups is 1. The number of hydrogen-bond donors (Lipinski definition) is 4. The monoisotopic (exact) mass is 514 g/mol. The first-order chi connectivity index (χ1) is 18.3. The molecule has 4 rings (SSSR count). The predicted molar refractivity (Wildman–Crippen MR) is 153 cm³/mol. The minimum absolute atomic E-state index is 0.294. The molecule has 8 heteroatoms. The van der Waals surface area contributed by atoms with Gasteiger partial charge in [-0.25, -0.2) is 5.84 Å². The highest BCUT2D eigenvalue weighted by Gasteiger charge is 2.07. The van der Waals surface area contributed by atoms with E-state index in [0.717, 1.165) is 51.9 Å². The van der Waals surface area contributed by atoms with Crippen LogP contribution in [-0.4, -0.2) is 36.8 Å². The van der Waals surface area contributed by atoms with Crippen molar-refractivity contribution in [3.05, 3.63) is 101 Å². The lowest BCUT2D eigenvalue weighted by Gasteiger charge is -2.15. The molecule has 0 unspecified atom stereocenters. The van der Waals surface area contributed by atoms with E-state index in [-0.39, 0.29) is 0 Å². The summed E-state index contributed by atoms with van der Waals surface area (Å²) in [6.45, 7) is 9.05. The highest BCUT2D eigenvalue weighted by Crippen LogP contribution is 2.21. The molecule has 0 saturated heterocycles. The van der Waals surface area contributed by atoms with Gasteiger partial charge in [-0.3, -0.25) is 4.68 Å². The minimum atomic E-state index is 0.294. The van der Waals surface area contributed by atoms with Gasteiger partial charge in [-0.15, -0.1) is 5.10 Å². The molecule has 6 N–H and O–H groups in total. The van der Waals surface area contributed by atoms with Crippen molar-refractivity contribution in [2.75, 3.05) is 6.54 Å². The Morgan fingerprint density at radius 3 is 2.05 bits per heavy atom. The smallest absolute Gasteiger partial charge is 0.118 e. The van der Waals surface area contributed by atoms with Crippen LogP contribution in [0.4, 0.5) is 0 Å². The topological polar surface area (TPSA) is 126 Å². The predicted octanol–water partition coefficient (Wildman–Crippen LogP) is 4.92. The van der Waals surface area contributed by atoms with E-state index >= 15 is 0 Å². The number of phenolic OH excluding ortho intramolecular Hbond substituents is 2. The van der Waals surface area contributed by atoms with E-state index < -0.39 is 0 Å². The number of rotatable bonds is 9. The van der Waals surface area contributed by atoms with Gasteiger partial charge < -0.3 is 21.0 Å². The summed E-state index contributed by atoms with van der Waals surface area (Å²) in [6, 6.07) is 19.0. The highest BCUT2D eigenvalue weighted by atomic mass is 16.3. The van der Waals surface area contributed by atoms with Crippen LogP contribution in [0.25, 0.3) is 17.0 Å². The summed E-state index contributed by atoms with van der Waals surface area (Å²) < 4.78 is 1.82. The van der Waals surface area contributed by atoms with Crippen LogP contribution in [0.3, 0.4) is 0 Å². The molecular weight excluding hydrogens is 476 g/mol. The molecule has 0 aliphatic heterocycles. The third-order valence-corrected chi connectivity index (χ3v) is 6.17. The molecule has 0 spiro atoms. The second-order valence-corrected chi connectivity index (χ2v) is 9.01. The summed E-state index contributed by atoms with van der Waals surface area (Å²) in [6.07, 6.45) is 5.19. The molecule has 0 bridgehead atoms. The quantitative estimate of drug-likeness (QED) is 0.184. The molecule has 8 nitrogen and oxygen atoms in total. The zero-order valence-corrected chi connectivity index (χ0v) is 22.6. The van der Waals surface area contributed by atoms with E-state index in [1.165, 1.54) is 0 Å². The van der Waals surface area contributed by atoms with Gasteiger partial charge in [-0.1, -0.05) is 67.6 Å². The Labute approximate surface area is 224 Å². The Morgan fingerprint density at radius 2 is 1.47 bits per heavy atom. The largest absolute Gasteiger partial charge is 0.508 e. The van der Waals surface area contributed by atoms with Crippen LogP contribution in [0.1, 0.15) is 41.7 Å². The van der Waals surface area contributed by atoms with Gasteiger partial charge in [-0.05, 0) is 66.6 Å². The number of benzene rings is 3. The van der Waals surface area contributed by atoms with Gasteiger partial charge in [0.05, 0.1) is 11.9 Å². The van der Waals surface area contributed by atoms with Crippen molar-refractivity contribution in [1.29, 1.82) is 0 Å². The zero-order chi connectivity index (χ0) is 27.7. The molecule has 1 heterocycles. The van der Waals surface area contributed by atoms with Crippen LogP contribution in [0.2, 0.25) is 0 Å². The van der Waals surface area contributed by atoms with Crippen molar-refractivity contribution >= 4 is 5.70 Å². The number of aromatic nitrogens is 3. The van der Waals surface area contributed by atoms with Crippen molar-refractivity contribution in [2.24, 2.45) is 11.6 Å². The van der Waals surface area contributed by atoms with Crippen molar-refractivity contribution in [3.63, 3.8) is 0 Å². The second-order valence-electron chi connectivity index (χ2n) is 9.01. The SMILES string of the molecule is CC.Cc1cc(CCN(N)/C=C(\N)c2ccc(-c3cn(CCc4ccc(O)c(C)c4)nn3)cc2)ccc1O. The fourth-order valence-corrected chi connectivity index (χ4v) is 3.94. The van der Waals surface area contributed by atoms with E-state index in [2.05, 4.69) is 10.3 Å². The molecule has 0 radical (unpaired) electrons. The summed E-state index contributed by atoms with van der Waals surface area (Å²) in [5.74, 6) is 6.74. The van der Waals surface area contributed by atoms with Crippen molar-refractivity contribution < 1.29 is 10.2 Å². The molecular formula is C30H38N6O2. The second kappa shape index (κ2) is 13.3. The first-order valence-corrected chi connectivity index (χ1v) is 12.8. The normalized spacial score (nSPS) is 11.1. The summed E-state index contributed by atoms with van der Waals surface area (Å²) in [5, 5.41) is 29.5. The van der Waals surface area contributed by atoms with Crippen LogP contribution < -0.4 is 11.6 Å². The average Bonchev–Trinajstić information content (AvgIpc) is 3.40. The number of aromatic hydroxyl groups is 2. The van der Waals surface area contributed by atoms with Crippen LogP contribution in [0.5, 0.6) is 11.5 Å². The van der Waals surface area contributed by atoms with E-state index in [0.29, 0.717) is 30.3 Å². The Balaban J connectivity index is 0.00000195. The van der Waals surface area contributed by atoms with Crippen molar-refractivity contribution in [3.8, 4) is 22.8 Å². The molecule has 0 saturated carbocycles. The highest BCUT2D eigenvalue weighted by molar-refractivity contribution is 5.66. The molecule has 3 aromatic carbocycles. The molecule has 4 aromatic rings. The fraction of sp³-hybridized carbons (Fsp3) is 0.267.